The molecule has 0 bridgehead atoms. The van der Waals surface area contributed by atoms with Crippen LogP contribution in [0, 0.1) is 0 Å². The predicted octanol–water partition coefficient (Wildman–Crippen LogP) is 3.01. The van der Waals surface area contributed by atoms with Crippen LogP contribution in [0.3, 0.4) is 0 Å². The van der Waals surface area contributed by atoms with Crippen LogP contribution in [-0.2, 0) is 10.0 Å². The number of carbonyl (C=O) groups is 2. The van der Waals surface area contributed by atoms with Crippen molar-refractivity contribution in [2.24, 2.45) is 0 Å². The number of amides is 2. The zero-order valence-corrected chi connectivity index (χ0v) is 17.5. The Kier molecular flexibility index (Phi) is 5.66. The van der Waals surface area contributed by atoms with E-state index in [1.165, 1.54) is 4.31 Å². The van der Waals surface area contributed by atoms with E-state index in [2.05, 4.69) is 10.6 Å². The minimum Gasteiger partial charge on any atom is -0.347 e. The van der Waals surface area contributed by atoms with Gasteiger partial charge < -0.3 is 10.6 Å². The molecule has 0 spiro atoms. The molecule has 1 fully saturated rings. The second-order valence-electron chi connectivity index (χ2n) is 8.02. The van der Waals surface area contributed by atoms with Crippen LogP contribution in [0.4, 0.5) is 11.4 Å². The number of sulfonamides is 1. The van der Waals surface area contributed by atoms with Gasteiger partial charge in [0.2, 0.25) is 10.0 Å². The molecule has 8 heteroatoms. The highest BCUT2D eigenvalue weighted by Gasteiger charge is 2.28. The van der Waals surface area contributed by atoms with Crippen LogP contribution in [-0.4, -0.2) is 38.1 Å². The van der Waals surface area contributed by atoms with Crippen LogP contribution in [0.25, 0.3) is 0 Å². The predicted molar refractivity (Wildman–Crippen MR) is 114 cm³/mol. The van der Waals surface area contributed by atoms with Crippen molar-refractivity contribution in [3.63, 3.8) is 0 Å². The van der Waals surface area contributed by atoms with Gasteiger partial charge in [0.1, 0.15) is 0 Å². The zero-order valence-electron chi connectivity index (χ0n) is 16.7. The second-order valence-corrected chi connectivity index (χ2v) is 10.0. The lowest BCUT2D eigenvalue weighted by Gasteiger charge is -2.20. The van der Waals surface area contributed by atoms with Gasteiger partial charge in [0.15, 0.2) is 0 Å². The Morgan fingerprint density at radius 3 is 1.93 bits per heavy atom. The Morgan fingerprint density at radius 2 is 1.45 bits per heavy atom. The number of anilines is 2. The van der Waals surface area contributed by atoms with Gasteiger partial charge in [-0.3, -0.25) is 13.9 Å². The van der Waals surface area contributed by atoms with Gasteiger partial charge in [-0.2, -0.15) is 0 Å². The van der Waals surface area contributed by atoms with Crippen molar-refractivity contribution < 1.29 is 18.0 Å². The molecule has 3 rings (SSSR count). The first-order valence-corrected chi connectivity index (χ1v) is 11.0. The highest BCUT2D eigenvalue weighted by Crippen LogP contribution is 2.25. The Bertz CT molecular complexity index is 1010. The van der Waals surface area contributed by atoms with Gasteiger partial charge in [-0.25, -0.2) is 8.42 Å². The van der Waals surface area contributed by atoms with E-state index in [9.17, 15) is 18.0 Å². The van der Waals surface area contributed by atoms with E-state index in [0.717, 1.165) is 0 Å². The summed E-state index contributed by atoms with van der Waals surface area (Å²) < 4.78 is 25.4. The summed E-state index contributed by atoms with van der Waals surface area (Å²) in [4.78, 5) is 24.6. The molecule has 2 aromatic carbocycles. The maximum absolute atomic E-state index is 12.5. The molecule has 7 nitrogen and oxygen atoms in total. The fraction of sp³-hybridized carbons (Fsp3) is 0.333. The molecule has 0 aliphatic carbocycles. The van der Waals surface area contributed by atoms with Crippen molar-refractivity contribution in [1.82, 2.24) is 5.32 Å². The fourth-order valence-electron chi connectivity index (χ4n) is 3.03. The van der Waals surface area contributed by atoms with E-state index in [0.29, 0.717) is 35.5 Å². The first kappa shape index (κ1) is 20.9. The summed E-state index contributed by atoms with van der Waals surface area (Å²) in [6.07, 6.45) is 0.616. The number of nitrogens with zero attached hydrogens (tertiary/aromatic N) is 1. The molecule has 1 aliphatic rings. The zero-order chi connectivity index (χ0) is 21.2. The molecule has 1 heterocycles. The molecule has 0 unspecified atom stereocenters. The quantitative estimate of drug-likeness (QED) is 0.802. The van der Waals surface area contributed by atoms with Crippen molar-refractivity contribution in [3.05, 3.63) is 59.7 Å². The van der Waals surface area contributed by atoms with Crippen LogP contribution in [0.2, 0.25) is 0 Å². The lowest BCUT2D eigenvalue weighted by molar-refractivity contribution is 0.0918. The van der Waals surface area contributed by atoms with E-state index in [4.69, 9.17) is 0 Å². The molecule has 29 heavy (non-hydrogen) atoms. The molecular weight excluding hydrogens is 390 g/mol. The standard InChI is InChI=1S/C21H25N3O4S/c1-21(2,3)23-20(26)16-7-5-15(6-8-16)19(25)22-17-9-11-18(12-10-17)24-13-4-14-29(24,27)28/h5-12H,4,13-14H2,1-3H3,(H,22,25)(H,23,26). The third kappa shape index (κ3) is 5.14. The number of hydrogen-bond donors (Lipinski definition) is 2. The average molecular weight is 416 g/mol. The molecule has 2 N–H and O–H groups in total. The van der Waals surface area contributed by atoms with Crippen molar-refractivity contribution in [3.8, 4) is 0 Å². The number of carbonyl (C=O) groups excluding carboxylic acids is 2. The second kappa shape index (κ2) is 7.87. The third-order valence-corrected chi connectivity index (χ3v) is 6.28. The molecule has 0 saturated carbocycles. The summed E-state index contributed by atoms with van der Waals surface area (Å²) in [6, 6.07) is 13.1. The lowest BCUT2D eigenvalue weighted by atomic mass is 10.1. The van der Waals surface area contributed by atoms with E-state index in [-0.39, 0.29) is 23.1 Å². The van der Waals surface area contributed by atoms with Crippen LogP contribution in [0.1, 0.15) is 47.9 Å². The molecule has 0 atom stereocenters. The number of benzene rings is 2. The summed E-state index contributed by atoms with van der Waals surface area (Å²) in [6.45, 7) is 6.18. The minimum absolute atomic E-state index is 0.162. The van der Waals surface area contributed by atoms with Crippen LogP contribution < -0.4 is 14.9 Å². The Morgan fingerprint density at radius 1 is 0.897 bits per heavy atom. The molecular formula is C21H25N3O4S. The molecule has 1 aliphatic heterocycles. The first-order valence-electron chi connectivity index (χ1n) is 9.40. The molecule has 0 radical (unpaired) electrons. The van der Waals surface area contributed by atoms with Gasteiger partial charge in [0.25, 0.3) is 11.8 Å². The van der Waals surface area contributed by atoms with Gasteiger partial charge in [0, 0.05) is 28.9 Å². The van der Waals surface area contributed by atoms with Crippen molar-refractivity contribution in [2.45, 2.75) is 32.7 Å². The molecule has 0 aromatic heterocycles. The van der Waals surface area contributed by atoms with Gasteiger partial charge in [-0.1, -0.05) is 0 Å². The van der Waals surface area contributed by atoms with Crippen molar-refractivity contribution in [1.29, 1.82) is 0 Å². The van der Waals surface area contributed by atoms with Crippen molar-refractivity contribution >= 4 is 33.2 Å². The Balaban J connectivity index is 1.65. The monoisotopic (exact) mass is 415 g/mol. The van der Waals surface area contributed by atoms with E-state index >= 15 is 0 Å². The van der Waals surface area contributed by atoms with Gasteiger partial charge in [-0.15, -0.1) is 0 Å². The summed E-state index contributed by atoms with van der Waals surface area (Å²) in [5.74, 6) is -0.346. The fourth-order valence-corrected chi connectivity index (χ4v) is 4.59. The van der Waals surface area contributed by atoms with Crippen LogP contribution >= 0.6 is 0 Å². The lowest BCUT2D eigenvalue weighted by Crippen LogP contribution is -2.40. The van der Waals surface area contributed by atoms with E-state index in [1.807, 2.05) is 20.8 Å². The van der Waals surface area contributed by atoms with Crippen LogP contribution in [0.15, 0.2) is 48.5 Å². The molecule has 2 aromatic rings. The highest BCUT2D eigenvalue weighted by molar-refractivity contribution is 7.93. The number of nitrogens with one attached hydrogen (secondary N) is 2. The SMILES string of the molecule is CC(C)(C)NC(=O)c1ccc(C(=O)Nc2ccc(N3CCCS3(=O)=O)cc2)cc1. The molecule has 1 saturated heterocycles. The normalized spacial score (nSPS) is 15.8. The Labute approximate surface area is 171 Å². The van der Waals surface area contributed by atoms with Gasteiger partial charge in [-0.05, 0) is 75.7 Å². The topological polar surface area (TPSA) is 95.6 Å². The Hall–Kier alpha value is -2.87. The van der Waals surface area contributed by atoms with Crippen molar-refractivity contribution in [2.75, 3.05) is 21.9 Å². The third-order valence-electron chi connectivity index (χ3n) is 4.41. The highest BCUT2D eigenvalue weighted by atomic mass is 32.2. The minimum atomic E-state index is -3.23. The van der Waals surface area contributed by atoms with Crippen LogP contribution in [0.5, 0.6) is 0 Å². The number of rotatable bonds is 4. The molecule has 2 amide bonds. The molecule has 154 valence electrons. The first-order chi connectivity index (χ1) is 13.5. The smallest absolute Gasteiger partial charge is 0.255 e. The van der Waals surface area contributed by atoms with Gasteiger partial charge in [0.05, 0.1) is 11.4 Å². The number of hydrogen-bond acceptors (Lipinski definition) is 4. The summed E-state index contributed by atoms with van der Waals surface area (Å²) in [5.41, 5.74) is 1.71. The average Bonchev–Trinajstić information content (AvgIpc) is 3.00. The summed E-state index contributed by atoms with van der Waals surface area (Å²) >= 11 is 0. The van der Waals surface area contributed by atoms with E-state index < -0.39 is 10.0 Å². The summed E-state index contributed by atoms with van der Waals surface area (Å²) in [7, 11) is -3.23. The summed E-state index contributed by atoms with van der Waals surface area (Å²) in [5, 5.41) is 5.65. The van der Waals surface area contributed by atoms with Gasteiger partial charge >= 0.3 is 0 Å². The maximum Gasteiger partial charge on any atom is 0.255 e. The largest absolute Gasteiger partial charge is 0.347 e. The van der Waals surface area contributed by atoms with E-state index in [1.54, 1.807) is 48.5 Å². The maximum atomic E-state index is 12.5.